The summed E-state index contributed by atoms with van der Waals surface area (Å²) < 4.78 is 0. The molecule has 2 aromatic heterocycles. The third-order valence-electron chi connectivity index (χ3n) is 6.42. The molecule has 0 fully saturated rings. The first-order chi connectivity index (χ1) is 19.7. The van der Waals surface area contributed by atoms with Crippen molar-refractivity contribution in [3.8, 4) is 0 Å². The molecule has 2 heterocycles. The van der Waals surface area contributed by atoms with Gasteiger partial charge in [-0.05, 0) is 67.9 Å². The van der Waals surface area contributed by atoms with E-state index < -0.39 is 24.0 Å². The normalized spacial score (nSPS) is 12.5. The lowest BCUT2D eigenvalue weighted by Crippen LogP contribution is -2.42. The molecule has 0 saturated heterocycles. The zero-order valence-corrected chi connectivity index (χ0v) is 22.6. The molecule has 5 aromatic rings. The van der Waals surface area contributed by atoms with Gasteiger partial charge in [0.25, 0.3) is 11.8 Å². The van der Waals surface area contributed by atoms with Gasteiger partial charge < -0.3 is 31.8 Å². The molecule has 208 valence electrons. The van der Waals surface area contributed by atoms with Gasteiger partial charge in [-0.1, -0.05) is 30.3 Å². The van der Waals surface area contributed by atoms with Crippen LogP contribution >= 0.6 is 0 Å². The Hall–Kier alpha value is -5.29. The van der Waals surface area contributed by atoms with E-state index in [0.717, 1.165) is 17.1 Å². The summed E-state index contributed by atoms with van der Waals surface area (Å²) in [7, 11) is 0. The number of hydrogen-bond acceptors (Lipinski definition) is 8. The summed E-state index contributed by atoms with van der Waals surface area (Å²) in [6.45, 7) is 4.28. The minimum Gasteiger partial charge on any atom is -0.381 e. The van der Waals surface area contributed by atoms with Crippen LogP contribution in [0, 0.1) is 13.8 Å². The van der Waals surface area contributed by atoms with E-state index in [1.165, 1.54) is 0 Å². The number of carbonyl (C=O) groups is 2. The number of nitrogens with two attached hydrogens (primary N) is 1. The number of rotatable bonds is 9. The van der Waals surface area contributed by atoms with Crippen molar-refractivity contribution in [2.24, 2.45) is 0 Å². The third kappa shape index (κ3) is 6.65. The predicted molar refractivity (Wildman–Crippen MR) is 157 cm³/mol. The molecular weight excluding hydrogens is 520 g/mol. The molecule has 0 aliphatic rings. The standard InChI is InChI=1S/C30H30N8O3/c1-17-14-18(2)34-25(33-17)16-32-21-10-8-20(9-11-21)28(40)38-26(19-6-4-3-5-7-19)27(39)29(41)35-22-12-13-23-24(15-22)37-30(31)36-23/h3-15,26-27,32,39H,16H2,1-2H3,(H,35,41)(H,38,40)(H3,31,36,37). The zero-order chi connectivity index (χ0) is 28.9. The Morgan fingerprint density at radius 3 is 2.29 bits per heavy atom. The molecule has 7 N–H and O–H groups in total. The van der Waals surface area contributed by atoms with Gasteiger partial charge in [-0.2, -0.15) is 0 Å². The molecular formula is C30H30N8O3. The fraction of sp³-hybridized carbons (Fsp3) is 0.167. The highest BCUT2D eigenvalue weighted by molar-refractivity contribution is 5.98. The van der Waals surface area contributed by atoms with Crippen molar-refractivity contribution in [3.63, 3.8) is 0 Å². The van der Waals surface area contributed by atoms with Crippen LogP contribution in [0.15, 0.2) is 78.9 Å². The maximum Gasteiger partial charge on any atom is 0.255 e. The summed E-state index contributed by atoms with van der Waals surface area (Å²) in [4.78, 5) is 42.2. The van der Waals surface area contributed by atoms with Crippen LogP contribution in [0.2, 0.25) is 0 Å². The summed E-state index contributed by atoms with van der Waals surface area (Å²) in [6, 6.07) is 21.7. The number of amides is 2. The average Bonchev–Trinajstić information content (AvgIpc) is 3.34. The Morgan fingerprint density at radius 1 is 0.902 bits per heavy atom. The van der Waals surface area contributed by atoms with Crippen LogP contribution in [0.4, 0.5) is 17.3 Å². The molecule has 11 heteroatoms. The minimum atomic E-state index is -1.58. The quantitative estimate of drug-likeness (QED) is 0.161. The first kappa shape index (κ1) is 27.3. The minimum absolute atomic E-state index is 0.259. The number of fused-ring (bicyclic) bond motifs is 1. The number of aromatic nitrogens is 4. The van der Waals surface area contributed by atoms with E-state index in [9.17, 15) is 14.7 Å². The summed E-state index contributed by atoms with van der Waals surface area (Å²) in [5.74, 6) is -0.186. The fourth-order valence-electron chi connectivity index (χ4n) is 4.50. The second-order valence-corrected chi connectivity index (χ2v) is 9.65. The number of imidazole rings is 1. The highest BCUT2D eigenvalue weighted by atomic mass is 16.3. The van der Waals surface area contributed by atoms with Gasteiger partial charge in [0.2, 0.25) is 0 Å². The molecule has 41 heavy (non-hydrogen) atoms. The van der Waals surface area contributed by atoms with Crippen molar-refractivity contribution >= 4 is 40.2 Å². The van der Waals surface area contributed by atoms with Crippen LogP contribution in [-0.2, 0) is 11.3 Å². The van der Waals surface area contributed by atoms with E-state index in [-0.39, 0.29) is 5.95 Å². The fourth-order valence-corrected chi connectivity index (χ4v) is 4.50. The van der Waals surface area contributed by atoms with E-state index in [0.29, 0.717) is 40.2 Å². The number of H-pyrrole nitrogens is 1. The maximum absolute atomic E-state index is 13.2. The number of hydrogen-bond donors (Lipinski definition) is 6. The van der Waals surface area contributed by atoms with Crippen LogP contribution in [0.3, 0.4) is 0 Å². The Kier molecular flexibility index (Phi) is 7.88. The molecule has 2 atom stereocenters. The Morgan fingerprint density at radius 2 is 1.59 bits per heavy atom. The highest BCUT2D eigenvalue weighted by Gasteiger charge is 2.29. The van der Waals surface area contributed by atoms with Gasteiger partial charge in [-0.25, -0.2) is 15.0 Å². The van der Waals surface area contributed by atoms with Gasteiger partial charge in [0, 0.05) is 28.3 Å². The molecule has 2 amide bonds. The molecule has 5 rings (SSSR count). The lowest BCUT2D eigenvalue weighted by Gasteiger charge is -2.24. The second-order valence-electron chi connectivity index (χ2n) is 9.65. The summed E-state index contributed by atoms with van der Waals surface area (Å²) >= 11 is 0. The van der Waals surface area contributed by atoms with Crippen molar-refractivity contribution in [2.75, 3.05) is 16.4 Å². The average molecular weight is 551 g/mol. The smallest absolute Gasteiger partial charge is 0.255 e. The number of nitrogens with zero attached hydrogens (tertiary/aromatic N) is 3. The van der Waals surface area contributed by atoms with Gasteiger partial charge in [0.15, 0.2) is 12.1 Å². The van der Waals surface area contributed by atoms with Crippen molar-refractivity contribution in [1.82, 2.24) is 25.3 Å². The lowest BCUT2D eigenvalue weighted by atomic mass is 10.00. The van der Waals surface area contributed by atoms with Gasteiger partial charge in [0.1, 0.15) is 5.82 Å². The van der Waals surface area contributed by atoms with Crippen LogP contribution in [0.25, 0.3) is 11.0 Å². The molecule has 0 saturated carbocycles. The van der Waals surface area contributed by atoms with Crippen LogP contribution in [-0.4, -0.2) is 43.0 Å². The first-order valence-electron chi connectivity index (χ1n) is 13.0. The number of aliphatic hydroxyl groups is 1. The van der Waals surface area contributed by atoms with Crippen molar-refractivity contribution < 1.29 is 14.7 Å². The van der Waals surface area contributed by atoms with Crippen molar-refractivity contribution in [1.29, 1.82) is 0 Å². The first-order valence-corrected chi connectivity index (χ1v) is 13.0. The number of aliphatic hydroxyl groups excluding tert-OH is 1. The largest absolute Gasteiger partial charge is 0.381 e. The van der Waals surface area contributed by atoms with E-state index in [1.807, 2.05) is 26.0 Å². The number of anilines is 3. The van der Waals surface area contributed by atoms with Crippen molar-refractivity contribution in [3.05, 3.63) is 107 Å². The molecule has 3 aromatic carbocycles. The number of nitrogen functional groups attached to an aromatic ring is 1. The number of aromatic amines is 1. The number of carbonyl (C=O) groups excluding carboxylic acids is 2. The van der Waals surface area contributed by atoms with Crippen LogP contribution < -0.4 is 21.7 Å². The number of nitrogens with one attached hydrogen (secondary N) is 4. The van der Waals surface area contributed by atoms with Crippen molar-refractivity contribution in [2.45, 2.75) is 32.5 Å². The summed E-state index contributed by atoms with van der Waals surface area (Å²) in [5, 5.41) is 19.8. The van der Waals surface area contributed by atoms with E-state index in [2.05, 4.69) is 35.9 Å². The number of benzene rings is 3. The van der Waals surface area contributed by atoms with Gasteiger partial charge in [0.05, 0.1) is 23.6 Å². The molecule has 0 aliphatic carbocycles. The zero-order valence-electron chi connectivity index (χ0n) is 22.6. The second kappa shape index (κ2) is 11.8. The summed E-state index contributed by atoms with van der Waals surface area (Å²) in [6.07, 6.45) is -1.58. The van der Waals surface area contributed by atoms with Crippen LogP contribution in [0.5, 0.6) is 0 Å². The summed E-state index contributed by atoms with van der Waals surface area (Å²) in [5.41, 5.74) is 11.0. The Labute approximate surface area is 236 Å². The highest BCUT2D eigenvalue weighted by Crippen LogP contribution is 2.22. The Balaban J connectivity index is 1.27. The molecule has 2 unspecified atom stereocenters. The lowest BCUT2D eigenvalue weighted by molar-refractivity contribution is -0.125. The molecule has 0 bridgehead atoms. The van der Waals surface area contributed by atoms with Gasteiger partial charge in [-0.15, -0.1) is 0 Å². The molecule has 0 aliphatic heterocycles. The molecule has 11 nitrogen and oxygen atoms in total. The van der Waals surface area contributed by atoms with E-state index >= 15 is 0 Å². The van der Waals surface area contributed by atoms with Gasteiger partial charge in [-0.3, -0.25) is 9.59 Å². The van der Waals surface area contributed by atoms with E-state index in [1.54, 1.807) is 66.7 Å². The predicted octanol–water partition coefficient (Wildman–Crippen LogP) is 3.63. The third-order valence-corrected chi connectivity index (χ3v) is 6.42. The van der Waals surface area contributed by atoms with E-state index in [4.69, 9.17) is 5.73 Å². The molecule has 0 radical (unpaired) electrons. The number of aryl methyl sites for hydroxylation is 2. The molecule has 0 spiro atoms. The van der Waals surface area contributed by atoms with Crippen LogP contribution in [0.1, 0.15) is 39.2 Å². The Bertz CT molecular complexity index is 1670. The SMILES string of the molecule is Cc1cc(C)nc(CNc2ccc(C(=O)NC(c3ccccc3)C(O)C(=O)Nc3ccc4nc(N)[nH]c4c3)cc2)n1. The maximum atomic E-state index is 13.2. The monoisotopic (exact) mass is 550 g/mol. The van der Waals surface area contributed by atoms with Gasteiger partial charge >= 0.3 is 0 Å². The topological polar surface area (TPSA) is 171 Å².